The Morgan fingerprint density at radius 2 is 2.07 bits per heavy atom. The molecule has 0 aromatic rings. The van der Waals surface area contributed by atoms with E-state index in [9.17, 15) is 9.90 Å². The summed E-state index contributed by atoms with van der Waals surface area (Å²) in [5, 5.41) is 10.7. The maximum atomic E-state index is 11.3. The predicted octanol–water partition coefficient (Wildman–Crippen LogP) is 5.70. The van der Waals surface area contributed by atoms with Crippen molar-refractivity contribution in [3.8, 4) is 0 Å². The van der Waals surface area contributed by atoms with Gasteiger partial charge in [0.1, 0.15) is 0 Å². The Balaban J connectivity index is 1.89. The van der Waals surface area contributed by atoms with Crippen molar-refractivity contribution in [1.82, 2.24) is 0 Å². The topological polar surface area (TPSA) is 55.8 Å². The fourth-order valence-electron chi connectivity index (χ4n) is 4.95. The average Bonchev–Trinajstić information content (AvgIpc) is 3.21. The number of carbonyl (C=O) groups is 1. The van der Waals surface area contributed by atoms with Crippen LogP contribution < -0.4 is 0 Å². The first-order chi connectivity index (χ1) is 13.7. The molecule has 1 heterocycles. The third-order valence-electron chi connectivity index (χ3n) is 7.07. The van der Waals surface area contributed by atoms with Crippen molar-refractivity contribution in [1.29, 1.82) is 0 Å². The van der Waals surface area contributed by atoms with Crippen molar-refractivity contribution in [3.63, 3.8) is 0 Å². The van der Waals surface area contributed by atoms with Crippen molar-refractivity contribution < 1.29 is 19.4 Å². The van der Waals surface area contributed by atoms with Crippen LogP contribution in [0.1, 0.15) is 79.1 Å². The molecule has 0 amide bonds. The molecule has 168 valence electrons. The lowest BCUT2D eigenvalue weighted by atomic mass is 9.80. The van der Waals surface area contributed by atoms with E-state index in [1.165, 1.54) is 13.5 Å². The first kappa shape index (κ1) is 25.1. The van der Waals surface area contributed by atoms with E-state index in [1.807, 2.05) is 0 Å². The van der Waals surface area contributed by atoms with Gasteiger partial charge in [-0.15, -0.1) is 0 Å². The number of carbonyl (C=O) groups excluding carboxylic acids is 1. The number of methoxy groups -OCH3 is 1. The van der Waals surface area contributed by atoms with Crippen LogP contribution >= 0.6 is 22.6 Å². The first-order valence-electron chi connectivity index (χ1n) is 11.4. The summed E-state index contributed by atoms with van der Waals surface area (Å²) in [7, 11) is 1.45. The van der Waals surface area contributed by atoms with Crippen molar-refractivity contribution in [2.75, 3.05) is 7.11 Å². The van der Waals surface area contributed by atoms with E-state index in [2.05, 4.69) is 62.4 Å². The van der Waals surface area contributed by atoms with Gasteiger partial charge in [-0.3, -0.25) is 4.79 Å². The van der Waals surface area contributed by atoms with Crippen LogP contribution in [-0.4, -0.2) is 40.4 Å². The highest BCUT2D eigenvalue weighted by atomic mass is 127. The molecule has 29 heavy (non-hydrogen) atoms. The van der Waals surface area contributed by atoms with E-state index in [0.717, 1.165) is 38.5 Å². The SMILES string of the molecule is CCCCC(C)(C)[C@H](O)C=C[C@H]1[C@H]2C[C@H]([C@H](I)CCCC(=O)OC)O[C@H]2C[C@H]1C. The van der Waals surface area contributed by atoms with Crippen LogP contribution in [0.3, 0.4) is 0 Å². The summed E-state index contributed by atoms with van der Waals surface area (Å²) in [6.07, 6.45) is 12.5. The first-order valence-corrected chi connectivity index (χ1v) is 12.7. The molecule has 0 radical (unpaired) electrons. The van der Waals surface area contributed by atoms with Gasteiger partial charge in [-0.1, -0.05) is 75.3 Å². The summed E-state index contributed by atoms with van der Waals surface area (Å²) in [5.41, 5.74) is -0.0740. The monoisotopic (exact) mass is 520 g/mol. The largest absolute Gasteiger partial charge is 0.469 e. The second-order valence-electron chi connectivity index (χ2n) is 9.81. The summed E-state index contributed by atoms with van der Waals surface area (Å²) in [6.45, 7) is 8.85. The van der Waals surface area contributed by atoms with Crippen molar-refractivity contribution in [2.45, 2.75) is 101 Å². The minimum atomic E-state index is -0.394. The number of hydrogen-bond acceptors (Lipinski definition) is 4. The molecular weight excluding hydrogens is 479 g/mol. The molecule has 1 aliphatic carbocycles. The fraction of sp³-hybridized carbons (Fsp3) is 0.875. The van der Waals surface area contributed by atoms with Gasteiger partial charge in [-0.05, 0) is 55.3 Å². The van der Waals surface area contributed by atoms with Gasteiger partial charge in [0, 0.05) is 10.3 Å². The standard InChI is InChI=1S/C24H41IO4/c1-6-7-13-24(3,4)22(26)12-11-17-16(2)14-20-18(17)15-21(29-20)19(25)9-8-10-23(27)28-5/h11-12,16-22,26H,6-10,13-15H2,1-5H3/t16-,17-,18-,19-,20+,21-,22-/m1/s1. The summed E-state index contributed by atoms with van der Waals surface area (Å²) < 4.78 is 11.6. The highest BCUT2D eigenvalue weighted by Crippen LogP contribution is 2.48. The summed E-state index contributed by atoms with van der Waals surface area (Å²) in [5.74, 6) is 1.51. The third-order valence-corrected chi connectivity index (χ3v) is 8.49. The molecular formula is C24H41IO4. The molecule has 2 aliphatic rings. The van der Waals surface area contributed by atoms with Crippen LogP contribution in [0.25, 0.3) is 0 Å². The maximum absolute atomic E-state index is 11.3. The lowest BCUT2D eigenvalue weighted by molar-refractivity contribution is -0.140. The van der Waals surface area contributed by atoms with E-state index in [1.54, 1.807) is 0 Å². The number of alkyl halides is 1. The number of ether oxygens (including phenoxy) is 2. The van der Waals surface area contributed by atoms with E-state index in [-0.39, 0.29) is 17.5 Å². The molecule has 7 atom stereocenters. The lowest BCUT2D eigenvalue weighted by Crippen LogP contribution is -2.28. The zero-order valence-corrected chi connectivity index (χ0v) is 21.1. The summed E-state index contributed by atoms with van der Waals surface area (Å²) in [4.78, 5) is 11.3. The Bertz CT molecular complexity index is 547. The minimum Gasteiger partial charge on any atom is -0.469 e. The van der Waals surface area contributed by atoms with Crippen molar-refractivity contribution in [3.05, 3.63) is 12.2 Å². The van der Waals surface area contributed by atoms with E-state index in [4.69, 9.17) is 9.47 Å². The molecule has 5 heteroatoms. The molecule has 2 rings (SSSR count). The molecule has 0 aromatic carbocycles. The number of halogens is 1. The quantitative estimate of drug-likeness (QED) is 0.165. The predicted molar refractivity (Wildman–Crippen MR) is 126 cm³/mol. The number of aliphatic hydroxyl groups excluding tert-OH is 1. The minimum absolute atomic E-state index is 0.0740. The van der Waals surface area contributed by atoms with Gasteiger partial charge in [-0.25, -0.2) is 0 Å². The summed E-state index contributed by atoms with van der Waals surface area (Å²) in [6, 6.07) is 0. The molecule has 0 aromatic heterocycles. The van der Waals surface area contributed by atoms with Crippen LogP contribution in [0.5, 0.6) is 0 Å². The Labute approximate surface area is 191 Å². The normalized spacial score (nSPS) is 31.8. The number of allylic oxidation sites excluding steroid dienone is 1. The van der Waals surface area contributed by atoms with Gasteiger partial charge in [0.05, 0.1) is 25.4 Å². The molecule has 0 spiro atoms. The average molecular weight is 520 g/mol. The van der Waals surface area contributed by atoms with Gasteiger partial charge >= 0.3 is 5.97 Å². The van der Waals surface area contributed by atoms with Gasteiger partial charge in [0.2, 0.25) is 0 Å². The molecule has 1 saturated carbocycles. The fourth-order valence-corrected chi connectivity index (χ4v) is 5.85. The molecule has 1 N–H and O–H groups in total. The van der Waals surface area contributed by atoms with E-state index in [0.29, 0.717) is 34.2 Å². The van der Waals surface area contributed by atoms with Gasteiger partial charge < -0.3 is 14.6 Å². The van der Waals surface area contributed by atoms with Gasteiger partial charge in [0.25, 0.3) is 0 Å². The Kier molecular flexibility index (Phi) is 9.94. The number of aliphatic hydroxyl groups is 1. The zero-order chi connectivity index (χ0) is 21.6. The number of fused-ring (bicyclic) bond motifs is 1. The Morgan fingerprint density at radius 1 is 1.34 bits per heavy atom. The van der Waals surface area contributed by atoms with Crippen LogP contribution in [0.4, 0.5) is 0 Å². The number of hydrogen-bond donors (Lipinski definition) is 1. The van der Waals surface area contributed by atoms with Crippen LogP contribution in [0, 0.1) is 23.2 Å². The van der Waals surface area contributed by atoms with E-state index >= 15 is 0 Å². The van der Waals surface area contributed by atoms with Gasteiger partial charge in [-0.2, -0.15) is 0 Å². The second-order valence-corrected chi connectivity index (χ2v) is 11.4. The maximum Gasteiger partial charge on any atom is 0.305 e. The van der Waals surface area contributed by atoms with Crippen LogP contribution in [-0.2, 0) is 14.3 Å². The molecule has 1 saturated heterocycles. The van der Waals surface area contributed by atoms with Gasteiger partial charge in [0.15, 0.2) is 0 Å². The zero-order valence-electron chi connectivity index (χ0n) is 18.9. The number of unbranched alkanes of at least 4 members (excludes halogenated alkanes) is 1. The molecule has 4 nitrogen and oxygen atoms in total. The number of esters is 1. The van der Waals surface area contributed by atoms with Crippen LogP contribution in [0.15, 0.2) is 12.2 Å². The highest BCUT2D eigenvalue weighted by Gasteiger charge is 2.48. The highest BCUT2D eigenvalue weighted by molar-refractivity contribution is 14.1. The smallest absolute Gasteiger partial charge is 0.305 e. The van der Waals surface area contributed by atoms with E-state index < -0.39 is 6.10 Å². The molecule has 0 bridgehead atoms. The van der Waals surface area contributed by atoms with Crippen molar-refractivity contribution >= 4 is 28.6 Å². The molecule has 2 fully saturated rings. The molecule has 0 unspecified atom stereocenters. The Hall–Kier alpha value is -0.140. The lowest BCUT2D eigenvalue weighted by Gasteiger charge is -2.29. The van der Waals surface area contributed by atoms with Crippen molar-refractivity contribution in [2.24, 2.45) is 23.2 Å². The summed E-state index contributed by atoms with van der Waals surface area (Å²) >= 11 is 2.50. The third kappa shape index (κ3) is 6.93. The number of rotatable bonds is 11. The molecule has 1 aliphatic heterocycles. The second kappa shape index (κ2) is 11.5. The van der Waals surface area contributed by atoms with Crippen LogP contribution in [0.2, 0.25) is 0 Å². The Morgan fingerprint density at radius 3 is 2.72 bits per heavy atom.